The van der Waals surface area contributed by atoms with Crippen molar-refractivity contribution in [2.24, 2.45) is 0 Å². The second-order valence-corrected chi connectivity index (χ2v) is 10.3. The van der Waals surface area contributed by atoms with Gasteiger partial charge in [-0.15, -0.1) is 0 Å². The molecule has 0 aliphatic heterocycles. The quantitative estimate of drug-likeness (QED) is 0.184. The van der Waals surface area contributed by atoms with Crippen LogP contribution in [0.3, 0.4) is 0 Å². The van der Waals surface area contributed by atoms with Crippen molar-refractivity contribution in [3.05, 3.63) is 181 Å². The topological polar surface area (TPSA) is 21.3 Å². The fourth-order valence-corrected chi connectivity index (χ4v) is 5.64. The highest BCUT2D eigenvalue weighted by atomic mass is 16.3. The number of furan rings is 1. The third kappa shape index (κ3) is 4.37. The Balaban J connectivity index is 1.46. The normalized spacial score (nSPS) is 20.0. The van der Waals surface area contributed by atoms with Crippen molar-refractivity contribution in [3.63, 3.8) is 0 Å². The number of benzene rings is 8. The van der Waals surface area contributed by atoms with Crippen LogP contribution in [-0.4, -0.2) is 4.57 Å². The summed E-state index contributed by atoms with van der Waals surface area (Å²) >= 11 is 0. The van der Waals surface area contributed by atoms with Crippen LogP contribution in [0.1, 0.15) is 39.8 Å². The van der Waals surface area contributed by atoms with Gasteiger partial charge >= 0.3 is 0 Å². The summed E-state index contributed by atoms with van der Waals surface area (Å²) in [5.74, 6) is 0. The van der Waals surface area contributed by atoms with Gasteiger partial charge in [-0.2, -0.15) is 0 Å². The van der Waals surface area contributed by atoms with Crippen molar-refractivity contribution in [2.75, 3.05) is 4.90 Å². The van der Waals surface area contributed by atoms with E-state index in [0.29, 0.717) is 4.90 Å². The maximum absolute atomic E-state index is 9.97. The average Bonchev–Trinajstić information content (AvgIpc) is 4.19. The average molecular weight is 656 g/mol. The minimum atomic E-state index is -1.21. The number of rotatable bonds is 5. The van der Waals surface area contributed by atoms with Gasteiger partial charge in [0.2, 0.25) is 0 Å². The lowest BCUT2D eigenvalue weighted by Crippen LogP contribution is -2.10. The van der Waals surface area contributed by atoms with Crippen LogP contribution in [0.2, 0.25) is 0 Å². The molecule has 0 bridgehead atoms. The van der Waals surface area contributed by atoms with Crippen LogP contribution < -0.4 is 4.90 Å². The Bertz CT molecular complexity index is 4370. The van der Waals surface area contributed by atoms with E-state index in [0.717, 1.165) is 10.6 Å². The van der Waals surface area contributed by atoms with Gasteiger partial charge in [-0.25, -0.2) is 0 Å². The molecule has 10 rings (SSSR count). The van der Waals surface area contributed by atoms with Gasteiger partial charge in [0, 0.05) is 38.6 Å². The minimum Gasteiger partial charge on any atom is -0.455 e. The van der Waals surface area contributed by atoms with Gasteiger partial charge < -0.3 is 13.9 Å². The molecule has 0 atom stereocenters. The molecule has 49 heavy (non-hydrogen) atoms. The largest absolute Gasteiger partial charge is 0.455 e. The zero-order valence-electron chi connectivity index (χ0n) is 53.4. The second kappa shape index (κ2) is 11.0. The number of hydrogen-bond donors (Lipinski definition) is 0. The first-order chi connectivity index (χ1) is 36.4. The number of nitrogens with zero attached hydrogens (tertiary/aromatic N) is 2. The number of anilines is 3. The third-order valence-corrected chi connectivity index (χ3v) is 7.69. The molecule has 0 saturated heterocycles. The highest BCUT2D eigenvalue weighted by Gasteiger charge is 2.22. The van der Waals surface area contributed by atoms with Crippen LogP contribution in [0, 0.1) is 0 Å². The number of hydrogen-bond acceptors (Lipinski definition) is 2. The summed E-state index contributed by atoms with van der Waals surface area (Å²) in [5, 5.41) is -3.47. The third-order valence-electron chi connectivity index (χ3n) is 7.69. The number of fused-ring (bicyclic) bond motifs is 8. The maximum Gasteiger partial charge on any atom is 0.145 e. The fraction of sp³-hybridized carbons (Fsp3) is 0. The molecule has 0 aliphatic rings. The van der Waals surface area contributed by atoms with Crippen molar-refractivity contribution in [1.29, 1.82) is 0 Å². The number of para-hydroxylation sites is 3. The van der Waals surface area contributed by atoms with Crippen molar-refractivity contribution >= 4 is 71.6 Å². The van der Waals surface area contributed by atoms with E-state index in [1.807, 2.05) is 0 Å². The van der Waals surface area contributed by atoms with E-state index < -0.39 is 264 Å². The molecular formula is C46H30N2O. The summed E-state index contributed by atoms with van der Waals surface area (Å²) in [6, 6.07) is -26.6. The second-order valence-electron chi connectivity index (χ2n) is 10.3. The first kappa shape index (κ1) is 11.3. The molecule has 0 saturated carbocycles. The van der Waals surface area contributed by atoms with Crippen molar-refractivity contribution in [1.82, 2.24) is 4.57 Å². The molecule has 3 nitrogen and oxygen atoms in total. The Morgan fingerprint density at radius 2 is 1.06 bits per heavy atom. The SMILES string of the molecule is [2H]c1cc(-n2c3c([2H])c([2H])c([2H])c([2H])c3c3c([2H])c([2H])c([2H])c([2H])c32)c([2H])c([2H])c1N(c1c([2H])c([2H])c(-c2c([2H])c([2H])c([2H])c([2H])c2[2H])c([2H])c1[2H])c1c([2H])c2c([2H])c([2H])c([2H])c([2H])c2c2oc3c([2H])c([2H])c([2H])c([2H])c3c12. The van der Waals surface area contributed by atoms with Crippen LogP contribution >= 0.6 is 0 Å². The molecule has 230 valence electrons. The molecule has 10 aromatic rings. The summed E-state index contributed by atoms with van der Waals surface area (Å²) in [6.45, 7) is 0. The van der Waals surface area contributed by atoms with Gasteiger partial charge in [-0.05, 0) is 77.0 Å². The van der Waals surface area contributed by atoms with Gasteiger partial charge in [0.15, 0.2) is 0 Å². The van der Waals surface area contributed by atoms with E-state index in [2.05, 4.69) is 0 Å². The van der Waals surface area contributed by atoms with Gasteiger partial charge in [0.25, 0.3) is 0 Å². The fourth-order valence-electron chi connectivity index (χ4n) is 5.64. The summed E-state index contributed by atoms with van der Waals surface area (Å²) in [7, 11) is 0. The predicted octanol–water partition coefficient (Wildman–Crippen LogP) is 13.0. The molecule has 0 spiro atoms. The van der Waals surface area contributed by atoms with E-state index in [9.17, 15) is 11.0 Å². The van der Waals surface area contributed by atoms with Gasteiger partial charge in [0.05, 0.1) is 61.9 Å². The summed E-state index contributed by atoms with van der Waals surface area (Å²) < 4.78 is 267. The Hall–Kier alpha value is -6.58. The summed E-state index contributed by atoms with van der Waals surface area (Å²) in [6.07, 6.45) is 0. The van der Waals surface area contributed by atoms with Crippen LogP contribution in [0.15, 0.2) is 186 Å². The molecule has 0 radical (unpaired) electrons. The van der Waals surface area contributed by atoms with E-state index in [1.54, 1.807) is 0 Å². The monoisotopic (exact) mass is 655 g/mol. The molecule has 0 aliphatic carbocycles. The smallest absolute Gasteiger partial charge is 0.145 e. The Morgan fingerprint density at radius 1 is 0.490 bits per heavy atom. The van der Waals surface area contributed by atoms with Crippen LogP contribution in [0.5, 0.6) is 0 Å². The minimum absolute atomic E-state index is 0.452. The number of aromatic nitrogens is 1. The molecule has 0 fully saturated rings. The van der Waals surface area contributed by atoms with Crippen molar-refractivity contribution < 1.29 is 44.2 Å². The predicted molar refractivity (Wildman–Crippen MR) is 206 cm³/mol. The van der Waals surface area contributed by atoms with Crippen LogP contribution in [-0.2, 0) is 0 Å². The van der Waals surface area contributed by atoms with E-state index in [-0.39, 0.29) is 0 Å². The Kier molecular flexibility index (Phi) is 2.53. The first-order valence-electron chi connectivity index (χ1n) is 28.8. The molecule has 8 aromatic carbocycles. The Morgan fingerprint density at radius 3 is 1.82 bits per heavy atom. The molecule has 2 aromatic heterocycles. The maximum atomic E-state index is 9.97. The molecule has 0 amide bonds. The lowest BCUT2D eigenvalue weighted by molar-refractivity contribution is 0.672. The Labute approximate surface area is 324 Å². The van der Waals surface area contributed by atoms with Crippen LogP contribution in [0.25, 0.3) is 71.3 Å². The van der Waals surface area contributed by atoms with Gasteiger partial charge in [-0.1, -0.05) is 121 Å². The summed E-state index contributed by atoms with van der Waals surface area (Å²) in [4.78, 5) is 0.519. The van der Waals surface area contributed by atoms with E-state index in [4.69, 9.17) is 33.2 Å². The summed E-state index contributed by atoms with van der Waals surface area (Å²) in [5.41, 5.74) is -7.75. The van der Waals surface area contributed by atoms with Gasteiger partial charge in [-0.3, -0.25) is 0 Å². The lowest BCUT2D eigenvalue weighted by atomic mass is 10.0. The van der Waals surface area contributed by atoms with Crippen LogP contribution in [0.4, 0.5) is 17.1 Å². The first-order valence-corrected chi connectivity index (χ1v) is 14.3. The molecule has 3 heteroatoms. The molecular weight excluding hydrogens is 597 g/mol. The van der Waals surface area contributed by atoms with E-state index >= 15 is 0 Å². The highest BCUT2D eigenvalue weighted by Crippen LogP contribution is 2.46. The molecule has 0 N–H and O–H groups in total. The highest BCUT2D eigenvalue weighted by molar-refractivity contribution is 6.22. The van der Waals surface area contributed by atoms with E-state index in [1.165, 1.54) is 0 Å². The lowest BCUT2D eigenvalue weighted by Gasteiger charge is -2.27. The van der Waals surface area contributed by atoms with Crippen molar-refractivity contribution in [3.8, 4) is 16.8 Å². The van der Waals surface area contributed by atoms with Gasteiger partial charge in [0.1, 0.15) is 11.2 Å². The molecule has 2 heterocycles. The standard InChI is InChI=1S/C46H30N2O/c1-2-12-31(13-3-1)32-22-24-34(25-23-32)47(43-30-33-14-4-5-15-37(33)46-45(43)40-18-8-11-21-44(40)49-46)35-26-28-36(29-27-35)48-41-19-9-6-16-38(41)39-17-7-10-20-42(39)48/h1-30H/i1D,2D,3D,4D,5D,6D,7D,8D,9D,10D,11D,12D,13D,14D,15D,16D,17D,18D,19D,20D,21D,22D,23D,24D,25D,26D,27D,28D,30D. The zero-order valence-corrected chi connectivity index (χ0v) is 24.4. The molecule has 0 unspecified atom stereocenters. The zero-order chi connectivity index (χ0) is 57.5. The van der Waals surface area contributed by atoms with Crippen molar-refractivity contribution in [2.45, 2.75) is 0 Å².